The number of aliphatic carboxylic acids is 1. The summed E-state index contributed by atoms with van der Waals surface area (Å²) in [6.07, 6.45) is 0. The van der Waals surface area contributed by atoms with Gasteiger partial charge in [0.15, 0.2) is 0 Å². The molecule has 88 valence electrons. The maximum absolute atomic E-state index is 10.7. The fraction of sp³-hybridized carbons (Fsp3) is 0.462. The van der Waals surface area contributed by atoms with Crippen LogP contribution in [0, 0.1) is 5.92 Å². The second-order valence-electron chi connectivity index (χ2n) is 4.40. The summed E-state index contributed by atoms with van der Waals surface area (Å²) in [6.45, 7) is 6.43. The smallest absolute Gasteiger partial charge is 0.308 e. The zero-order valence-corrected chi connectivity index (χ0v) is 10.0. The Morgan fingerprint density at radius 1 is 1.38 bits per heavy atom. The molecular formula is C13H19NO2. The van der Waals surface area contributed by atoms with E-state index in [9.17, 15) is 4.79 Å². The van der Waals surface area contributed by atoms with Crippen LogP contribution in [0.3, 0.4) is 0 Å². The summed E-state index contributed by atoms with van der Waals surface area (Å²) in [4.78, 5) is 10.7. The predicted molar refractivity (Wildman–Crippen MR) is 65.8 cm³/mol. The number of hydrogen-bond acceptors (Lipinski definition) is 2. The molecule has 16 heavy (non-hydrogen) atoms. The van der Waals surface area contributed by atoms with Crippen molar-refractivity contribution in [3.63, 3.8) is 0 Å². The lowest BCUT2D eigenvalue weighted by molar-refractivity contribution is -0.140. The first-order valence-electron chi connectivity index (χ1n) is 5.57. The Kier molecular flexibility index (Phi) is 4.35. The number of carboxylic acid groups (broad SMARTS) is 1. The van der Waals surface area contributed by atoms with Crippen LogP contribution in [0.5, 0.6) is 0 Å². The van der Waals surface area contributed by atoms with Gasteiger partial charge in [0.2, 0.25) is 0 Å². The minimum Gasteiger partial charge on any atom is -0.481 e. The van der Waals surface area contributed by atoms with E-state index in [1.807, 2.05) is 12.1 Å². The highest BCUT2D eigenvalue weighted by Gasteiger charge is 2.10. The zero-order valence-electron chi connectivity index (χ0n) is 10.0. The van der Waals surface area contributed by atoms with E-state index < -0.39 is 5.97 Å². The van der Waals surface area contributed by atoms with E-state index in [0.29, 0.717) is 12.5 Å². The Bertz CT molecular complexity index is 361. The van der Waals surface area contributed by atoms with Gasteiger partial charge in [-0.25, -0.2) is 0 Å². The van der Waals surface area contributed by atoms with Crippen molar-refractivity contribution in [2.45, 2.75) is 26.7 Å². The minimum atomic E-state index is -0.771. The van der Waals surface area contributed by atoms with Crippen LogP contribution in [0.1, 0.15) is 32.3 Å². The molecule has 1 aromatic rings. The summed E-state index contributed by atoms with van der Waals surface area (Å²) < 4.78 is 0. The molecule has 0 radical (unpaired) electrons. The van der Waals surface area contributed by atoms with Crippen molar-refractivity contribution in [1.82, 2.24) is 0 Å². The number of carboxylic acids is 1. The van der Waals surface area contributed by atoms with Gasteiger partial charge in [-0.2, -0.15) is 0 Å². The van der Waals surface area contributed by atoms with Gasteiger partial charge in [-0.05, 0) is 23.6 Å². The summed E-state index contributed by atoms with van der Waals surface area (Å²) >= 11 is 0. The van der Waals surface area contributed by atoms with Gasteiger partial charge in [-0.15, -0.1) is 0 Å². The molecule has 0 aromatic heterocycles. The average molecular weight is 221 g/mol. The number of carbonyl (C=O) groups is 1. The van der Waals surface area contributed by atoms with Gasteiger partial charge in [0.25, 0.3) is 0 Å². The van der Waals surface area contributed by atoms with E-state index in [1.165, 1.54) is 5.56 Å². The van der Waals surface area contributed by atoms with E-state index in [0.717, 1.165) is 5.69 Å². The fourth-order valence-electron chi connectivity index (χ4n) is 1.37. The molecule has 1 rings (SSSR count). The van der Waals surface area contributed by atoms with E-state index in [4.69, 9.17) is 5.11 Å². The van der Waals surface area contributed by atoms with Crippen molar-refractivity contribution in [3.8, 4) is 0 Å². The second-order valence-corrected chi connectivity index (χ2v) is 4.40. The predicted octanol–water partition coefficient (Wildman–Crippen LogP) is 2.94. The minimum absolute atomic E-state index is 0.372. The molecule has 0 bridgehead atoms. The monoisotopic (exact) mass is 221 g/mol. The SMILES string of the molecule is CC(CNc1cccc(C(C)C)c1)C(=O)O. The lowest BCUT2D eigenvalue weighted by Crippen LogP contribution is -2.19. The van der Waals surface area contributed by atoms with Crippen molar-refractivity contribution >= 4 is 11.7 Å². The summed E-state index contributed by atoms with van der Waals surface area (Å²) in [5, 5.41) is 11.9. The topological polar surface area (TPSA) is 49.3 Å². The Labute approximate surface area is 96.5 Å². The third-order valence-electron chi connectivity index (χ3n) is 2.59. The third kappa shape index (κ3) is 3.57. The van der Waals surface area contributed by atoms with Crippen molar-refractivity contribution in [1.29, 1.82) is 0 Å². The highest BCUT2D eigenvalue weighted by molar-refractivity contribution is 5.70. The van der Waals surface area contributed by atoms with Gasteiger partial charge in [-0.1, -0.05) is 32.9 Å². The number of hydrogen-bond donors (Lipinski definition) is 2. The Morgan fingerprint density at radius 2 is 2.06 bits per heavy atom. The van der Waals surface area contributed by atoms with Crippen molar-refractivity contribution < 1.29 is 9.90 Å². The van der Waals surface area contributed by atoms with Gasteiger partial charge in [0, 0.05) is 12.2 Å². The molecule has 2 N–H and O–H groups in total. The van der Waals surface area contributed by atoms with Crippen LogP contribution in [0.4, 0.5) is 5.69 Å². The van der Waals surface area contributed by atoms with Crippen molar-refractivity contribution in [3.05, 3.63) is 29.8 Å². The first kappa shape index (κ1) is 12.6. The molecular weight excluding hydrogens is 202 g/mol. The molecule has 3 nitrogen and oxygen atoms in total. The molecule has 0 saturated heterocycles. The number of benzene rings is 1. The van der Waals surface area contributed by atoms with Crippen LogP contribution in [-0.2, 0) is 4.79 Å². The Morgan fingerprint density at radius 3 is 2.62 bits per heavy atom. The maximum atomic E-state index is 10.7. The van der Waals surface area contributed by atoms with Gasteiger partial charge in [0.05, 0.1) is 5.92 Å². The molecule has 0 aliphatic carbocycles. The lowest BCUT2D eigenvalue weighted by Gasteiger charge is -2.12. The van der Waals surface area contributed by atoms with E-state index in [1.54, 1.807) is 6.92 Å². The van der Waals surface area contributed by atoms with Gasteiger partial charge in [-0.3, -0.25) is 4.79 Å². The van der Waals surface area contributed by atoms with E-state index >= 15 is 0 Å². The molecule has 3 heteroatoms. The first-order valence-corrected chi connectivity index (χ1v) is 5.57. The van der Waals surface area contributed by atoms with Crippen molar-refractivity contribution in [2.24, 2.45) is 5.92 Å². The largest absolute Gasteiger partial charge is 0.481 e. The quantitative estimate of drug-likeness (QED) is 0.803. The highest BCUT2D eigenvalue weighted by Crippen LogP contribution is 2.18. The molecule has 0 aliphatic rings. The summed E-state index contributed by atoms with van der Waals surface area (Å²) in [5.74, 6) is -0.658. The third-order valence-corrected chi connectivity index (χ3v) is 2.59. The van der Waals surface area contributed by atoms with Crippen LogP contribution in [-0.4, -0.2) is 17.6 Å². The lowest BCUT2D eigenvalue weighted by atomic mass is 10.0. The molecule has 0 amide bonds. The molecule has 0 saturated carbocycles. The normalized spacial score (nSPS) is 12.5. The first-order chi connectivity index (χ1) is 7.50. The number of nitrogens with one attached hydrogen (secondary N) is 1. The van der Waals surface area contributed by atoms with Crippen LogP contribution < -0.4 is 5.32 Å². The molecule has 1 aromatic carbocycles. The molecule has 0 aliphatic heterocycles. The maximum Gasteiger partial charge on any atom is 0.308 e. The second kappa shape index (κ2) is 5.54. The average Bonchev–Trinajstić information content (AvgIpc) is 2.26. The fourth-order valence-corrected chi connectivity index (χ4v) is 1.37. The van der Waals surface area contributed by atoms with E-state index in [-0.39, 0.29) is 5.92 Å². The number of rotatable bonds is 5. The highest BCUT2D eigenvalue weighted by atomic mass is 16.4. The molecule has 0 spiro atoms. The Hall–Kier alpha value is -1.51. The van der Waals surface area contributed by atoms with Crippen LogP contribution in [0.2, 0.25) is 0 Å². The molecule has 1 unspecified atom stereocenters. The summed E-state index contributed by atoms with van der Waals surface area (Å²) in [6, 6.07) is 8.10. The zero-order chi connectivity index (χ0) is 12.1. The summed E-state index contributed by atoms with van der Waals surface area (Å²) in [5.41, 5.74) is 2.24. The van der Waals surface area contributed by atoms with Gasteiger partial charge < -0.3 is 10.4 Å². The van der Waals surface area contributed by atoms with Crippen LogP contribution >= 0.6 is 0 Å². The van der Waals surface area contributed by atoms with Crippen LogP contribution in [0.25, 0.3) is 0 Å². The van der Waals surface area contributed by atoms with E-state index in [2.05, 4.69) is 31.3 Å². The molecule has 0 heterocycles. The standard InChI is InChI=1S/C13H19NO2/c1-9(2)11-5-4-6-12(7-11)14-8-10(3)13(15)16/h4-7,9-10,14H,8H2,1-3H3,(H,15,16). The molecule has 1 atom stereocenters. The number of anilines is 1. The van der Waals surface area contributed by atoms with Crippen LogP contribution in [0.15, 0.2) is 24.3 Å². The van der Waals surface area contributed by atoms with Crippen molar-refractivity contribution in [2.75, 3.05) is 11.9 Å². The molecule has 0 fully saturated rings. The van der Waals surface area contributed by atoms with Gasteiger partial charge in [0.1, 0.15) is 0 Å². The summed E-state index contributed by atoms with van der Waals surface area (Å²) in [7, 11) is 0. The van der Waals surface area contributed by atoms with Gasteiger partial charge >= 0.3 is 5.97 Å². The Balaban J connectivity index is 2.60.